The second kappa shape index (κ2) is 9.78. The Bertz CT molecular complexity index is 974. The first-order chi connectivity index (χ1) is 14.7. The normalized spacial score (nSPS) is 14.6. The van der Waals surface area contributed by atoms with Crippen molar-refractivity contribution >= 4 is 23.1 Å². The number of carbonyl (C=O) groups excluding carboxylic acids is 1. The summed E-state index contributed by atoms with van der Waals surface area (Å²) in [7, 11) is 0. The summed E-state index contributed by atoms with van der Waals surface area (Å²) >= 11 is 1.69. The van der Waals surface area contributed by atoms with Gasteiger partial charge < -0.3 is 15.4 Å². The number of thiophene rings is 1. The lowest BCUT2D eigenvalue weighted by Crippen LogP contribution is -2.41. The summed E-state index contributed by atoms with van der Waals surface area (Å²) in [4.78, 5) is 15.1. The lowest BCUT2D eigenvalue weighted by molar-refractivity contribution is 0.176. The molecular weight excluding hydrogens is 394 g/mol. The highest BCUT2D eigenvalue weighted by Gasteiger charge is 2.25. The number of para-hydroxylation sites is 2. The molecular formula is C24H27N3O2S. The largest absolute Gasteiger partial charge is 0.492 e. The van der Waals surface area contributed by atoms with Gasteiger partial charge in [0.15, 0.2) is 0 Å². The van der Waals surface area contributed by atoms with Crippen molar-refractivity contribution < 1.29 is 9.53 Å². The van der Waals surface area contributed by atoms with Gasteiger partial charge in [0.1, 0.15) is 5.75 Å². The Morgan fingerprint density at radius 3 is 2.73 bits per heavy atom. The molecule has 0 radical (unpaired) electrons. The Labute approximate surface area is 181 Å². The zero-order valence-corrected chi connectivity index (χ0v) is 18.0. The highest BCUT2D eigenvalue weighted by molar-refractivity contribution is 7.08. The molecule has 6 heteroatoms. The molecule has 3 aromatic rings. The van der Waals surface area contributed by atoms with Crippen LogP contribution in [0, 0.1) is 0 Å². The first-order valence-electron chi connectivity index (χ1n) is 10.3. The molecule has 0 spiro atoms. The van der Waals surface area contributed by atoms with Crippen molar-refractivity contribution in [3.05, 3.63) is 82.0 Å². The SMILES string of the molecule is CCOc1ccccc1NC(=O)NCC(c1ccsc1)N1CCc2ccccc2C1. The van der Waals surface area contributed by atoms with Gasteiger partial charge in [-0.15, -0.1) is 0 Å². The molecule has 1 aromatic heterocycles. The van der Waals surface area contributed by atoms with E-state index in [-0.39, 0.29) is 12.1 Å². The van der Waals surface area contributed by atoms with Crippen LogP contribution < -0.4 is 15.4 Å². The Hall–Kier alpha value is -2.83. The lowest BCUT2D eigenvalue weighted by atomic mass is 9.97. The van der Waals surface area contributed by atoms with E-state index in [1.807, 2.05) is 31.2 Å². The molecule has 0 saturated carbocycles. The Morgan fingerprint density at radius 2 is 1.93 bits per heavy atom. The quantitative estimate of drug-likeness (QED) is 0.560. The van der Waals surface area contributed by atoms with Crippen LogP contribution >= 0.6 is 11.3 Å². The minimum atomic E-state index is -0.222. The van der Waals surface area contributed by atoms with E-state index in [2.05, 4.69) is 56.6 Å². The van der Waals surface area contributed by atoms with Crippen LogP contribution in [0.15, 0.2) is 65.4 Å². The fraction of sp³-hybridized carbons (Fsp3) is 0.292. The second-order valence-corrected chi connectivity index (χ2v) is 8.11. The van der Waals surface area contributed by atoms with Crippen molar-refractivity contribution in [3.63, 3.8) is 0 Å². The maximum absolute atomic E-state index is 12.6. The van der Waals surface area contributed by atoms with Gasteiger partial charge in [0.05, 0.1) is 18.3 Å². The van der Waals surface area contributed by atoms with E-state index in [1.165, 1.54) is 16.7 Å². The fourth-order valence-electron chi connectivity index (χ4n) is 3.91. The average molecular weight is 422 g/mol. The third-order valence-corrected chi connectivity index (χ3v) is 6.12. The molecule has 1 unspecified atom stereocenters. The first kappa shape index (κ1) is 20.4. The third-order valence-electron chi connectivity index (χ3n) is 5.42. The van der Waals surface area contributed by atoms with E-state index >= 15 is 0 Å². The number of nitrogens with one attached hydrogen (secondary N) is 2. The topological polar surface area (TPSA) is 53.6 Å². The summed E-state index contributed by atoms with van der Waals surface area (Å²) in [5.74, 6) is 0.678. The van der Waals surface area contributed by atoms with Crippen LogP contribution in [0.1, 0.15) is 29.7 Å². The minimum Gasteiger partial charge on any atom is -0.492 e. The first-order valence-corrected chi connectivity index (χ1v) is 11.3. The Kier molecular flexibility index (Phi) is 6.67. The molecule has 1 aliphatic heterocycles. The number of urea groups is 1. The van der Waals surface area contributed by atoms with Crippen molar-refractivity contribution in [2.45, 2.75) is 25.9 Å². The number of hydrogen-bond donors (Lipinski definition) is 2. The molecule has 0 aliphatic carbocycles. The molecule has 2 heterocycles. The van der Waals surface area contributed by atoms with Crippen molar-refractivity contribution in [3.8, 4) is 5.75 Å². The van der Waals surface area contributed by atoms with Gasteiger partial charge in [-0.3, -0.25) is 4.90 Å². The van der Waals surface area contributed by atoms with Crippen molar-refractivity contribution in [2.75, 3.05) is 25.0 Å². The summed E-state index contributed by atoms with van der Waals surface area (Å²) in [6.45, 7) is 4.90. The summed E-state index contributed by atoms with van der Waals surface area (Å²) in [6.07, 6.45) is 1.03. The molecule has 0 saturated heterocycles. The Balaban J connectivity index is 1.43. The minimum absolute atomic E-state index is 0.137. The number of hydrogen-bond acceptors (Lipinski definition) is 4. The van der Waals surface area contributed by atoms with Crippen molar-refractivity contribution in [2.24, 2.45) is 0 Å². The molecule has 0 bridgehead atoms. The molecule has 2 N–H and O–H groups in total. The maximum Gasteiger partial charge on any atom is 0.319 e. The number of nitrogens with zero attached hydrogens (tertiary/aromatic N) is 1. The number of benzene rings is 2. The van der Waals surface area contributed by atoms with Gasteiger partial charge in [0.2, 0.25) is 0 Å². The zero-order chi connectivity index (χ0) is 20.8. The number of carbonyl (C=O) groups is 1. The molecule has 30 heavy (non-hydrogen) atoms. The van der Waals surface area contributed by atoms with Gasteiger partial charge in [0.25, 0.3) is 0 Å². The zero-order valence-electron chi connectivity index (χ0n) is 17.1. The molecule has 1 aliphatic rings. The summed E-state index contributed by atoms with van der Waals surface area (Å²) in [5, 5.41) is 10.3. The van der Waals surface area contributed by atoms with Gasteiger partial charge in [-0.1, -0.05) is 36.4 Å². The van der Waals surface area contributed by atoms with E-state index in [4.69, 9.17) is 4.74 Å². The van der Waals surface area contributed by atoms with Crippen LogP contribution in [0.3, 0.4) is 0 Å². The highest BCUT2D eigenvalue weighted by Crippen LogP contribution is 2.29. The molecule has 2 amide bonds. The van der Waals surface area contributed by atoms with Gasteiger partial charge in [-0.25, -0.2) is 4.79 Å². The predicted molar refractivity (Wildman–Crippen MR) is 122 cm³/mol. The number of rotatable bonds is 7. The van der Waals surface area contributed by atoms with Crippen molar-refractivity contribution in [1.29, 1.82) is 0 Å². The molecule has 0 fully saturated rings. The van der Waals surface area contributed by atoms with Crippen LogP contribution in [-0.4, -0.2) is 30.6 Å². The lowest BCUT2D eigenvalue weighted by Gasteiger charge is -2.35. The van der Waals surface area contributed by atoms with Gasteiger partial charge in [-0.2, -0.15) is 11.3 Å². The Morgan fingerprint density at radius 1 is 1.13 bits per heavy atom. The number of anilines is 1. The maximum atomic E-state index is 12.6. The number of ether oxygens (including phenoxy) is 1. The molecule has 4 rings (SSSR count). The van der Waals surface area contributed by atoms with Crippen LogP contribution in [0.4, 0.5) is 10.5 Å². The van der Waals surface area contributed by atoms with E-state index in [0.717, 1.165) is 19.5 Å². The van der Waals surface area contributed by atoms with Crippen LogP contribution in [-0.2, 0) is 13.0 Å². The average Bonchev–Trinajstić information content (AvgIpc) is 3.30. The van der Waals surface area contributed by atoms with E-state index < -0.39 is 0 Å². The standard InChI is InChI=1S/C24H27N3O2S/c1-2-29-23-10-6-5-9-21(23)26-24(28)25-15-22(20-12-14-30-17-20)27-13-11-18-7-3-4-8-19(18)16-27/h3-10,12,14,17,22H,2,11,13,15-16H2,1H3,(H2,25,26,28). The molecule has 1 atom stereocenters. The van der Waals surface area contributed by atoms with E-state index in [0.29, 0.717) is 24.6 Å². The summed E-state index contributed by atoms with van der Waals surface area (Å²) in [5.41, 5.74) is 4.72. The van der Waals surface area contributed by atoms with Gasteiger partial charge in [-0.05, 0) is 59.0 Å². The monoisotopic (exact) mass is 421 g/mol. The molecule has 156 valence electrons. The molecule has 5 nitrogen and oxygen atoms in total. The van der Waals surface area contributed by atoms with Gasteiger partial charge in [0, 0.05) is 19.6 Å². The van der Waals surface area contributed by atoms with E-state index in [9.17, 15) is 4.79 Å². The fourth-order valence-corrected chi connectivity index (χ4v) is 4.62. The second-order valence-electron chi connectivity index (χ2n) is 7.33. The van der Waals surface area contributed by atoms with Crippen LogP contribution in [0.5, 0.6) is 5.75 Å². The summed E-state index contributed by atoms with van der Waals surface area (Å²) in [6, 6.07) is 18.2. The smallest absolute Gasteiger partial charge is 0.319 e. The number of amides is 2. The van der Waals surface area contributed by atoms with Crippen LogP contribution in [0.2, 0.25) is 0 Å². The predicted octanol–water partition coefficient (Wildman–Crippen LogP) is 5.07. The molecule has 2 aromatic carbocycles. The van der Waals surface area contributed by atoms with Crippen LogP contribution in [0.25, 0.3) is 0 Å². The van der Waals surface area contributed by atoms with Gasteiger partial charge >= 0.3 is 6.03 Å². The third kappa shape index (κ3) is 4.83. The summed E-state index contributed by atoms with van der Waals surface area (Å²) < 4.78 is 5.60. The van der Waals surface area contributed by atoms with Crippen molar-refractivity contribution in [1.82, 2.24) is 10.2 Å². The number of fused-ring (bicyclic) bond motifs is 1. The highest BCUT2D eigenvalue weighted by atomic mass is 32.1. The van der Waals surface area contributed by atoms with E-state index in [1.54, 1.807) is 11.3 Å².